The molecule has 0 amide bonds. The van der Waals surface area contributed by atoms with Crippen LogP contribution < -0.4 is 0 Å². The summed E-state index contributed by atoms with van der Waals surface area (Å²) in [6, 6.07) is 0. The van der Waals surface area contributed by atoms with Crippen molar-refractivity contribution in [2.75, 3.05) is 0 Å². The molecule has 0 unspecified atom stereocenters. The largest absolute Gasteiger partial charge is 0.393 e. The van der Waals surface area contributed by atoms with Gasteiger partial charge in [0.15, 0.2) is 0 Å². The molecule has 0 bridgehead atoms. The third-order valence-electron chi connectivity index (χ3n) is 13.7. The molecule has 5 fully saturated rings. The predicted octanol–water partition coefficient (Wildman–Crippen LogP) is 7.22. The molecular formula is C30H52O2. The molecule has 32 heavy (non-hydrogen) atoms. The van der Waals surface area contributed by atoms with Crippen LogP contribution in [-0.4, -0.2) is 21.9 Å². The van der Waals surface area contributed by atoms with Crippen LogP contribution in [0.4, 0.5) is 0 Å². The van der Waals surface area contributed by atoms with Crippen LogP contribution in [0.15, 0.2) is 0 Å². The summed E-state index contributed by atoms with van der Waals surface area (Å²) in [6.45, 7) is 19.5. The summed E-state index contributed by atoms with van der Waals surface area (Å²) in [7, 11) is 0. The zero-order valence-electron chi connectivity index (χ0n) is 22.4. The molecule has 5 saturated carbocycles. The molecule has 0 aliphatic heterocycles. The monoisotopic (exact) mass is 444 g/mol. The molecule has 5 aliphatic rings. The van der Waals surface area contributed by atoms with Gasteiger partial charge in [-0.05, 0) is 135 Å². The highest BCUT2D eigenvalue weighted by atomic mass is 16.3. The molecule has 0 aromatic heterocycles. The predicted molar refractivity (Wildman–Crippen MR) is 132 cm³/mol. The fourth-order valence-electron chi connectivity index (χ4n) is 11.7. The Balaban J connectivity index is 1.54. The van der Waals surface area contributed by atoms with Gasteiger partial charge in [-0.15, -0.1) is 0 Å². The third kappa shape index (κ3) is 2.78. The zero-order chi connectivity index (χ0) is 23.5. The van der Waals surface area contributed by atoms with Crippen LogP contribution in [0.3, 0.4) is 0 Å². The van der Waals surface area contributed by atoms with Gasteiger partial charge in [0.25, 0.3) is 0 Å². The Morgan fingerprint density at radius 2 is 1.38 bits per heavy atom. The normalized spacial score (nSPS) is 57.2. The first kappa shape index (κ1) is 23.7. The van der Waals surface area contributed by atoms with Crippen molar-refractivity contribution in [3.8, 4) is 0 Å². The van der Waals surface area contributed by atoms with E-state index in [2.05, 4.69) is 55.4 Å². The van der Waals surface area contributed by atoms with Crippen LogP contribution in [-0.2, 0) is 0 Å². The van der Waals surface area contributed by atoms with E-state index in [9.17, 15) is 10.2 Å². The minimum atomic E-state index is -0.564. The maximum atomic E-state index is 11.2. The molecule has 5 aliphatic carbocycles. The number of fused-ring (bicyclic) bond motifs is 7. The number of hydrogen-bond acceptors (Lipinski definition) is 2. The molecule has 2 heteroatoms. The topological polar surface area (TPSA) is 40.5 Å². The summed E-state index contributed by atoms with van der Waals surface area (Å²) < 4.78 is 0. The lowest BCUT2D eigenvalue weighted by atomic mass is 9.32. The van der Waals surface area contributed by atoms with E-state index in [1.807, 2.05) is 0 Å². The van der Waals surface area contributed by atoms with Crippen LogP contribution in [0.1, 0.15) is 120 Å². The van der Waals surface area contributed by atoms with Gasteiger partial charge in [-0.3, -0.25) is 0 Å². The van der Waals surface area contributed by atoms with E-state index in [1.165, 1.54) is 57.8 Å². The van der Waals surface area contributed by atoms with E-state index in [-0.39, 0.29) is 11.5 Å². The Labute approximate surface area is 198 Å². The number of hydrogen-bond donors (Lipinski definition) is 2. The fourth-order valence-corrected chi connectivity index (χ4v) is 11.7. The third-order valence-corrected chi connectivity index (χ3v) is 13.7. The average Bonchev–Trinajstić information content (AvgIpc) is 3.04. The maximum absolute atomic E-state index is 11.2. The SMILES string of the molecule is CC(C)(O)[C@@H]1CC[C@]2(C)CC[C@]3(C)[C@@H](CC[C@@H]4[C@@]5(C)CC[C@H](O)C(C)(C)[C@@H]5CC[C@]43C)[C@H]12. The second kappa shape index (κ2) is 6.77. The smallest absolute Gasteiger partial charge is 0.0622 e. The molecule has 0 aromatic carbocycles. The van der Waals surface area contributed by atoms with E-state index < -0.39 is 5.60 Å². The molecule has 0 spiro atoms. The second-order valence-electron chi connectivity index (χ2n) is 15.5. The average molecular weight is 445 g/mol. The van der Waals surface area contributed by atoms with Gasteiger partial charge >= 0.3 is 0 Å². The summed E-state index contributed by atoms with van der Waals surface area (Å²) in [4.78, 5) is 0. The highest BCUT2D eigenvalue weighted by Gasteiger charge is 2.70. The minimum Gasteiger partial charge on any atom is -0.393 e. The molecule has 0 saturated heterocycles. The van der Waals surface area contributed by atoms with Crippen molar-refractivity contribution in [3.05, 3.63) is 0 Å². The van der Waals surface area contributed by atoms with Crippen molar-refractivity contribution in [2.45, 2.75) is 131 Å². The Bertz CT molecular complexity index is 765. The first-order chi connectivity index (χ1) is 14.6. The molecule has 2 nitrogen and oxygen atoms in total. The standard InChI is InChI=1S/C30H52O2/c1-25(2)21-12-16-30(8)22(28(21,6)15-13-23(25)31)10-9-20-24-19(26(3,4)32)11-14-27(24,5)17-18-29(20,30)7/h19-24,31-32H,9-18H2,1-8H3/t19-,20+,21+,22-,23+,24+,27-,28+,29-,30-/m1/s1. The Morgan fingerprint density at radius 3 is 2.03 bits per heavy atom. The van der Waals surface area contributed by atoms with Crippen molar-refractivity contribution in [1.29, 1.82) is 0 Å². The summed E-state index contributed by atoms with van der Waals surface area (Å²) in [6.07, 6.45) is 12.6. The van der Waals surface area contributed by atoms with Crippen LogP contribution in [0, 0.1) is 56.7 Å². The Hall–Kier alpha value is -0.0800. The van der Waals surface area contributed by atoms with Crippen molar-refractivity contribution in [1.82, 2.24) is 0 Å². The Kier molecular flexibility index (Phi) is 5.01. The highest BCUT2D eigenvalue weighted by molar-refractivity contribution is 5.19. The van der Waals surface area contributed by atoms with Crippen LogP contribution >= 0.6 is 0 Å². The van der Waals surface area contributed by atoms with Crippen molar-refractivity contribution < 1.29 is 10.2 Å². The van der Waals surface area contributed by atoms with Gasteiger partial charge in [0.1, 0.15) is 0 Å². The summed E-state index contributed by atoms with van der Waals surface area (Å²) in [5.74, 6) is 3.29. The van der Waals surface area contributed by atoms with Crippen LogP contribution in [0.2, 0.25) is 0 Å². The van der Waals surface area contributed by atoms with Crippen molar-refractivity contribution >= 4 is 0 Å². The van der Waals surface area contributed by atoms with Crippen molar-refractivity contribution in [2.24, 2.45) is 56.7 Å². The van der Waals surface area contributed by atoms with Gasteiger partial charge < -0.3 is 10.2 Å². The quantitative estimate of drug-likeness (QED) is 0.448. The first-order valence-electron chi connectivity index (χ1n) is 14.0. The lowest BCUT2D eigenvalue weighted by molar-refractivity contribution is -0.250. The molecule has 10 atom stereocenters. The molecular weight excluding hydrogens is 392 g/mol. The van der Waals surface area contributed by atoms with Gasteiger partial charge in [0.2, 0.25) is 0 Å². The van der Waals surface area contributed by atoms with E-state index in [0.29, 0.717) is 39.4 Å². The van der Waals surface area contributed by atoms with E-state index in [4.69, 9.17) is 0 Å². The molecule has 0 heterocycles. The molecule has 0 radical (unpaired) electrons. The van der Waals surface area contributed by atoms with E-state index in [0.717, 1.165) is 18.3 Å². The summed E-state index contributed by atoms with van der Waals surface area (Å²) in [5.41, 5.74) is 1.02. The zero-order valence-corrected chi connectivity index (χ0v) is 22.4. The van der Waals surface area contributed by atoms with Gasteiger partial charge in [-0.1, -0.05) is 41.5 Å². The van der Waals surface area contributed by atoms with Gasteiger partial charge in [-0.25, -0.2) is 0 Å². The summed E-state index contributed by atoms with van der Waals surface area (Å²) in [5, 5.41) is 22.1. The van der Waals surface area contributed by atoms with Crippen LogP contribution in [0.5, 0.6) is 0 Å². The fraction of sp³-hybridized carbons (Fsp3) is 1.00. The molecule has 2 N–H and O–H groups in total. The van der Waals surface area contributed by atoms with Gasteiger partial charge in [0.05, 0.1) is 11.7 Å². The van der Waals surface area contributed by atoms with Crippen LogP contribution in [0.25, 0.3) is 0 Å². The number of aliphatic hydroxyl groups is 2. The lowest BCUT2D eigenvalue weighted by Gasteiger charge is -2.73. The highest BCUT2D eigenvalue weighted by Crippen LogP contribution is 2.77. The molecule has 0 aromatic rings. The second-order valence-corrected chi connectivity index (χ2v) is 15.5. The minimum absolute atomic E-state index is 0.0364. The van der Waals surface area contributed by atoms with Gasteiger partial charge in [-0.2, -0.15) is 0 Å². The van der Waals surface area contributed by atoms with Crippen molar-refractivity contribution in [3.63, 3.8) is 0 Å². The molecule has 184 valence electrons. The van der Waals surface area contributed by atoms with E-state index >= 15 is 0 Å². The Morgan fingerprint density at radius 1 is 0.688 bits per heavy atom. The summed E-state index contributed by atoms with van der Waals surface area (Å²) >= 11 is 0. The maximum Gasteiger partial charge on any atom is 0.0622 e. The number of aliphatic hydroxyl groups excluding tert-OH is 1. The first-order valence-corrected chi connectivity index (χ1v) is 14.0. The van der Waals surface area contributed by atoms with E-state index in [1.54, 1.807) is 0 Å². The number of rotatable bonds is 1. The molecule has 5 rings (SSSR count). The van der Waals surface area contributed by atoms with Gasteiger partial charge in [0, 0.05) is 0 Å². The lowest BCUT2D eigenvalue weighted by Crippen LogP contribution is -2.66.